The molecule has 64 valence electrons. The first-order valence-electron chi connectivity index (χ1n) is 4.39. The van der Waals surface area contributed by atoms with Gasteiger partial charge >= 0.3 is 0 Å². The van der Waals surface area contributed by atoms with Crippen LogP contribution >= 0.6 is 0 Å². The highest BCUT2D eigenvalue weighted by Crippen LogP contribution is 2.29. The van der Waals surface area contributed by atoms with Crippen LogP contribution in [-0.4, -0.2) is 36.2 Å². The molecule has 1 aliphatic carbocycles. The molecule has 0 radical (unpaired) electrons. The van der Waals surface area contributed by atoms with Crippen molar-refractivity contribution in [3.05, 3.63) is 0 Å². The van der Waals surface area contributed by atoms with Gasteiger partial charge in [0.05, 0.1) is 0 Å². The van der Waals surface area contributed by atoms with E-state index in [-0.39, 0.29) is 6.04 Å². The average molecular weight is 158 g/mol. The van der Waals surface area contributed by atoms with Gasteiger partial charge in [-0.3, -0.25) is 4.90 Å². The topological polar surface area (TPSA) is 29.3 Å². The van der Waals surface area contributed by atoms with Crippen LogP contribution in [-0.2, 0) is 0 Å². The number of nitrogens with zero attached hydrogens (tertiary/aromatic N) is 1. The summed E-state index contributed by atoms with van der Waals surface area (Å²) < 4.78 is 13.0. The molecule has 2 rings (SSSR count). The van der Waals surface area contributed by atoms with Gasteiger partial charge in [0.25, 0.3) is 0 Å². The standard InChI is InChI=1S/C8H15FN2/c9-6-3-7(10)5-11(4-6)8-1-2-8/h6-8H,1-5,10H2/t6-,7-/m1/s1. The van der Waals surface area contributed by atoms with Gasteiger partial charge < -0.3 is 5.73 Å². The minimum Gasteiger partial charge on any atom is -0.326 e. The Morgan fingerprint density at radius 2 is 2.00 bits per heavy atom. The number of hydrogen-bond donors (Lipinski definition) is 1. The molecule has 0 aromatic heterocycles. The van der Waals surface area contributed by atoms with Gasteiger partial charge in [0, 0.05) is 25.2 Å². The minimum atomic E-state index is -0.681. The lowest BCUT2D eigenvalue weighted by Gasteiger charge is -2.32. The van der Waals surface area contributed by atoms with Crippen molar-refractivity contribution in [1.82, 2.24) is 4.90 Å². The number of alkyl halides is 1. The Hall–Kier alpha value is -0.150. The van der Waals surface area contributed by atoms with Crippen molar-refractivity contribution in [2.24, 2.45) is 5.73 Å². The number of nitrogens with two attached hydrogens (primary N) is 1. The van der Waals surface area contributed by atoms with E-state index in [4.69, 9.17) is 5.73 Å². The van der Waals surface area contributed by atoms with Crippen LogP contribution in [0.15, 0.2) is 0 Å². The van der Waals surface area contributed by atoms with E-state index < -0.39 is 6.17 Å². The second kappa shape index (κ2) is 2.72. The van der Waals surface area contributed by atoms with Gasteiger partial charge in [-0.15, -0.1) is 0 Å². The molecule has 3 heteroatoms. The van der Waals surface area contributed by atoms with Crippen molar-refractivity contribution in [1.29, 1.82) is 0 Å². The molecule has 2 aliphatic rings. The summed E-state index contributed by atoms with van der Waals surface area (Å²) in [5.74, 6) is 0. The van der Waals surface area contributed by atoms with Crippen LogP contribution in [0.2, 0.25) is 0 Å². The third-order valence-corrected chi connectivity index (χ3v) is 2.52. The zero-order valence-electron chi connectivity index (χ0n) is 6.67. The number of rotatable bonds is 1. The second-order valence-corrected chi connectivity index (χ2v) is 3.78. The van der Waals surface area contributed by atoms with E-state index in [9.17, 15) is 4.39 Å². The Kier molecular flexibility index (Phi) is 1.85. The van der Waals surface area contributed by atoms with E-state index in [1.165, 1.54) is 12.8 Å². The van der Waals surface area contributed by atoms with Crippen LogP contribution in [0, 0.1) is 0 Å². The fourth-order valence-electron chi connectivity index (χ4n) is 1.85. The van der Waals surface area contributed by atoms with Crippen LogP contribution in [0.4, 0.5) is 4.39 Å². The van der Waals surface area contributed by atoms with Gasteiger partial charge in [-0.05, 0) is 19.3 Å². The van der Waals surface area contributed by atoms with E-state index in [1.54, 1.807) is 0 Å². The Labute approximate surface area is 66.5 Å². The molecule has 0 amide bonds. The minimum absolute atomic E-state index is 0.0688. The molecule has 0 spiro atoms. The smallest absolute Gasteiger partial charge is 0.114 e. The SMILES string of the molecule is N[C@@H]1C[C@@H](F)CN(C2CC2)C1. The zero-order chi connectivity index (χ0) is 7.84. The van der Waals surface area contributed by atoms with Crippen LogP contribution in [0.5, 0.6) is 0 Å². The lowest BCUT2D eigenvalue weighted by atomic mass is 10.1. The highest BCUT2D eigenvalue weighted by atomic mass is 19.1. The maximum absolute atomic E-state index is 13.0. The van der Waals surface area contributed by atoms with E-state index in [2.05, 4.69) is 4.90 Å². The van der Waals surface area contributed by atoms with Crippen LogP contribution in [0.1, 0.15) is 19.3 Å². The molecule has 11 heavy (non-hydrogen) atoms. The van der Waals surface area contributed by atoms with Crippen molar-refractivity contribution >= 4 is 0 Å². The summed E-state index contributed by atoms with van der Waals surface area (Å²) in [6.45, 7) is 1.53. The Bertz CT molecular complexity index is 137. The highest BCUT2D eigenvalue weighted by molar-refractivity contribution is 4.91. The van der Waals surface area contributed by atoms with Gasteiger partial charge in [0.1, 0.15) is 6.17 Å². The molecule has 2 nitrogen and oxygen atoms in total. The summed E-state index contributed by atoms with van der Waals surface area (Å²) in [7, 11) is 0. The quantitative estimate of drug-likeness (QED) is 0.603. The molecule has 2 N–H and O–H groups in total. The third-order valence-electron chi connectivity index (χ3n) is 2.52. The molecule has 2 fully saturated rings. The van der Waals surface area contributed by atoms with Crippen molar-refractivity contribution in [3.63, 3.8) is 0 Å². The van der Waals surface area contributed by atoms with E-state index in [1.807, 2.05) is 0 Å². The molecule has 1 saturated carbocycles. The normalized spacial score (nSPS) is 40.9. The largest absolute Gasteiger partial charge is 0.326 e. The van der Waals surface area contributed by atoms with Crippen LogP contribution < -0.4 is 5.73 Å². The van der Waals surface area contributed by atoms with Crippen LogP contribution in [0.3, 0.4) is 0 Å². The fourth-order valence-corrected chi connectivity index (χ4v) is 1.85. The molecule has 1 heterocycles. The first-order chi connectivity index (χ1) is 5.25. The summed E-state index contributed by atoms with van der Waals surface area (Å²) in [5, 5.41) is 0. The lowest BCUT2D eigenvalue weighted by molar-refractivity contribution is 0.117. The highest BCUT2D eigenvalue weighted by Gasteiger charge is 2.34. The molecular weight excluding hydrogens is 143 g/mol. The number of halogens is 1. The maximum Gasteiger partial charge on any atom is 0.114 e. The average Bonchev–Trinajstić information content (AvgIpc) is 2.64. The van der Waals surface area contributed by atoms with E-state index >= 15 is 0 Å². The fraction of sp³-hybridized carbons (Fsp3) is 1.00. The van der Waals surface area contributed by atoms with E-state index in [0.29, 0.717) is 19.0 Å². The zero-order valence-corrected chi connectivity index (χ0v) is 6.67. The first-order valence-corrected chi connectivity index (χ1v) is 4.39. The van der Waals surface area contributed by atoms with Gasteiger partial charge in [0.2, 0.25) is 0 Å². The van der Waals surface area contributed by atoms with Crippen molar-refractivity contribution in [2.75, 3.05) is 13.1 Å². The van der Waals surface area contributed by atoms with Crippen LogP contribution in [0.25, 0.3) is 0 Å². The van der Waals surface area contributed by atoms with Gasteiger partial charge in [-0.2, -0.15) is 0 Å². The van der Waals surface area contributed by atoms with Gasteiger partial charge in [-0.25, -0.2) is 4.39 Å². The summed E-state index contributed by atoms with van der Waals surface area (Å²) >= 11 is 0. The Morgan fingerprint density at radius 1 is 1.27 bits per heavy atom. The van der Waals surface area contributed by atoms with Crippen molar-refractivity contribution in [2.45, 2.75) is 37.5 Å². The van der Waals surface area contributed by atoms with E-state index in [0.717, 1.165) is 6.54 Å². The number of hydrogen-bond acceptors (Lipinski definition) is 2. The number of likely N-dealkylation sites (tertiary alicyclic amines) is 1. The summed E-state index contributed by atoms with van der Waals surface area (Å²) in [6.07, 6.45) is 2.38. The Morgan fingerprint density at radius 3 is 2.55 bits per heavy atom. The van der Waals surface area contributed by atoms with Gasteiger partial charge in [-0.1, -0.05) is 0 Å². The van der Waals surface area contributed by atoms with Crippen molar-refractivity contribution in [3.8, 4) is 0 Å². The molecule has 2 atom stereocenters. The second-order valence-electron chi connectivity index (χ2n) is 3.78. The predicted octanol–water partition coefficient (Wildman–Crippen LogP) is 0.520. The summed E-state index contributed by atoms with van der Waals surface area (Å²) in [4.78, 5) is 2.21. The first kappa shape index (κ1) is 7.50. The molecule has 1 saturated heterocycles. The summed E-state index contributed by atoms with van der Waals surface area (Å²) in [6, 6.07) is 0.735. The molecule has 0 aromatic rings. The molecule has 0 aromatic carbocycles. The maximum atomic E-state index is 13.0. The lowest BCUT2D eigenvalue weighted by Crippen LogP contribution is -2.48. The molecule has 0 unspecified atom stereocenters. The molecule has 0 bridgehead atoms. The number of piperidine rings is 1. The predicted molar refractivity (Wildman–Crippen MR) is 42.1 cm³/mol. The van der Waals surface area contributed by atoms with Gasteiger partial charge in [0.15, 0.2) is 0 Å². The van der Waals surface area contributed by atoms with Crippen molar-refractivity contribution < 1.29 is 4.39 Å². The third kappa shape index (κ3) is 1.71. The molecule has 1 aliphatic heterocycles. The molecular formula is C8H15FN2. The Balaban J connectivity index is 1.89. The monoisotopic (exact) mass is 158 g/mol. The summed E-state index contributed by atoms with van der Waals surface area (Å²) in [5.41, 5.74) is 5.70.